The maximum Gasteiger partial charge on any atom is 0.322 e. The van der Waals surface area contributed by atoms with Crippen molar-refractivity contribution < 1.29 is 48.3 Å². The molecule has 0 aromatic heterocycles. The maximum absolute atomic E-state index is 14.5. The van der Waals surface area contributed by atoms with Gasteiger partial charge in [0.1, 0.15) is 48.8 Å². The van der Waals surface area contributed by atoms with E-state index in [0.717, 1.165) is 0 Å². The van der Waals surface area contributed by atoms with Crippen LogP contribution in [0.25, 0.3) is 0 Å². The zero-order valence-electron chi connectivity index (χ0n) is 40.9. The summed E-state index contributed by atoms with van der Waals surface area (Å²) in [6, 6.07) is 9.07. The number of hydrogen-bond donors (Lipinski definition) is 12. The Hall–Kier alpha value is -6.75. The van der Waals surface area contributed by atoms with E-state index in [1.807, 2.05) is 20.8 Å². The molecular weight excluding hydrogens is 937 g/mol. The standard InChI is InChI=1S/C48H72N12O10S/c1-5-29(4)40(59-46(69)37-19-13-21-60(37)38(61)25-49)47(70)58-36(27-71)45(68)57-35(24-31-16-10-7-11-17-31)44(67)56-34(23-30-14-8-6-9-15-30)43(66)54-32(18-12-20-52-48(50)51)42(65)55-33(22-28(2)3)41(64)53-26-39(62)63/h6-11,14-17,28-29,32-37,40,71H,5,12-13,18-27,49H2,1-4H3,(H,53,64)(H,54,66)(H,55,65)(H,56,67)(H,57,68)(H,58,70)(H,59,69)(H,62,63)(H4,50,51,52). The highest BCUT2D eigenvalue weighted by Gasteiger charge is 2.38. The van der Waals surface area contributed by atoms with Crippen LogP contribution in [0.2, 0.25) is 0 Å². The van der Waals surface area contributed by atoms with Crippen molar-refractivity contribution in [1.82, 2.24) is 42.1 Å². The number of benzene rings is 2. The summed E-state index contributed by atoms with van der Waals surface area (Å²) in [4.78, 5) is 127. The Morgan fingerprint density at radius 2 is 1.23 bits per heavy atom. The Kier molecular flexibility index (Phi) is 24.8. The first-order valence-corrected chi connectivity index (χ1v) is 24.5. The van der Waals surface area contributed by atoms with Crippen molar-refractivity contribution in [2.75, 3.05) is 31.9 Å². The Bertz CT molecular complexity index is 2150. The summed E-state index contributed by atoms with van der Waals surface area (Å²) in [5.41, 5.74) is 17.9. The number of nitrogens with zero attached hydrogens (tertiary/aromatic N) is 2. The second-order valence-electron chi connectivity index (χ2n) is 17.9. The van der Waals surface area contributed by atoms with Gasteiger partial charge in [-0.15, -0.1) is 0 Å². The zero-order valence-corrected chi connectivity index (χ0v) is 41.8. The third-order valence-electron chi connectivity index (χ3n) is 11.8. The molecule has 22 nitrogen and oxygen atoms in total. The molecule has 8 amide bonds. The minimum atomic E-state index is -1.35. The summed E-state index contributed by atoms with van der Waals surface area (Å²) in [5, 5.41) is 27.7. The quantitative estimate of drug-likeness (QED) is 0.0194. The molecule has 0 spiro atoms. The molecule has 0 radical (unpaired) electrons. The van der Waals surface area contributed by atoms with Gasteiger partial charge in [-0.1, -0.05) is 94.8 Å². The van der Waals surface area contributed by atoms with Crippen LogP contribution in [0.1, 0.15) is 77.3 Å². The second-order valence-corrected chi connectivity index (χ2v) is 18.2. The van der Waals surface area contributed by atoms with Crippen LogP contribution in [0.15, 0.2) is 65.7 Å². The molecule has 14 N–H and O–H groups in total. The summed E-state index contributed by atoms with van der Waals surface area (Å²) in [6.45, 7) is 6.69. The molecule has 1 saturated heterocycles. The molecule has 0 aliphatic carbocycles. The van der Waals surface area contributed by atoms with E-state index >= 15 is 0 Å². The van der Waals surface area contributed by atoms with Crippen LogP contribution < -0.4 is 54.4 Å². The normalized spacial score (nSPS) is 16.1. The van der Waals surface area contributed by atoms with Gasteiger partial charge in [-0.2, -0.15) is 12.6 Å². The molecule has 0 bridgehead atoms. The molecule has 71 heavy (non-hydrogen) atoms. The fraction of sp³-hybridized carbons (Fsp3) is 0.542. The fourth-order valence-electron chi connectivity index (χ4n) is 7.83. The molecule has 2 aromatic rings. The smallest absolute Gasteiger partial charge is 0.322 e. The van der Waals surface area contributed by atoms with Crippen molar-refractivity contribution in [2.45, 2.75) is 121 Å². The van der Waals surface area contributed by atoms with Crippen molar-refractivity contribution in [3.63, 3.8) is 0 Å². The van der Waals surface area contributed by atoms with Crippen LogP contribution in [0, 0.1) is 11.8 Å². The summed E-state index contributed by atoms with van der Waals surface area (Å²) in [5.74, 6) is -7.70. The lowest BCUT2D eigenvalue weighted by molar-refractivity contribution is -0.139. The van der Waals surface area contributed by atoms with E-state index in [-0.39, 0.29) is 62.8 Å². The predicted octanol–water partition coefficient (Wildman–Crippen LogP) is -1.39. The molecule has 1 aliphatic heterocycles. The van der Waals surface area contributed by atoms with Crippen molar-refractivity contribution in [2.24, 2.45) is 34.0 Å². The number of carbonyl (C=O) groups excluding carboxylic acids is 8. The number of aliphatic imine (C=N–C) groups is 1. The highest BCUT2D eigenvalue weighted by atomic mass is 32.1. The summed E-state index contributed by atoms with van der Waals surface area (Å²) < 4.78 is 0. The van der Waals surface area contributed by atoms with Gasteiger partial charge in [-0.25, -0.2) is 0 Å². The molecule has 1 aliphatic rings. The van der Waals surface area contributed by atoms with Crippen molar-refractivity contribution >= 4 is 71.8 Å². The Labute approximate surface area is 420 Å². The second kappa shape index (κ2) is 30.1. The number of hydrogen-bond acceptors (Lipinski definition) is 12. The number of nitrogens with two attached hydrogens (primary N) is 3. The Morgan fingerprint density at radius 3 is 1.72 bits per heavy atom. The van der Waals surface area contributed by atoms with E-state index in [9.17, 15) is 43.2 Å². The van der Waals surface area contributed by atoms with E-state index < -0.39 is 108 Å². The highest BCUT2D eigenvalue weighted by Crippen LogP contribution is 2.19. The number of carbonyl (C=O) groups is 9. The van der Waals surface area contributed by atoms with Crippen LogP contribution in [0.5, 0.6) is 0 Å². The van der Waals surface area contributed by atoms with E-state index in [2.05, 4.69) is 54.8 Å². The predicted molar refractivity (Wildman–Crippen MR) is 269 cm³/mol. The molecule has 8 unspecified atom stereocenters. The number of nitrogens with one attached hydrogen (secondary N) is 7. The van der Waals surface area contributed by atoms with Gasteiger partial charge in [0.15, 0.2) is 5.96 Å². The lowest BCUT2D eigenvalue weighted by atomic mass is 9.97. The molecule has 0 saturated carbocycles. The van der Waals surface area contributed by atoms with E-state index in [1.165, 1.54) is 4.90 Å². The first-order valence-electron chi connectivity index (χ1n) is 23.8. The molecule has 3 rings (SSSR count). The topological polar surface area (TPSA) is 352 Å². The molecule has 2 aromatic carbocycles. The van der Waals surface area contributed by atoms with Crippen molar-refractivity contribution in [3.05, 3.63) is 71.8 Å². The van der Waals surface area contributed by atoms with E-state index in [0.29, 0.717) is 36.9 Å². The average Bonchev–Trinajstić information content (AvgIpc) is 3.84. The van der Waals surface area contributed by atoms with Crippen LogP contribution >= 0.6 is 12.6 Å². The first-order chi connectivity index (χ1) is 33.8. The minimum absolute atomic E-state index is 0.0242. The lowest BCUT2D eigenvalue weighted by Gasteiger charge is -2.30. The van der Waals surface area contributed by atoms with Gasteiger partial charge in [-0.05, 0) is 55.1 Å². The van der Waals surface area contributed by atoms with E-state index in [1.54, 1.807) is 67.6 Å². The third-order valence-corrected chi connectivity index (χ3v) is 12.2. The van der Waals surface area contributed by atoms with Gasteiger partial charge in [0.05, 0.1) is 6.54 Å². The fourth-order valence-corrected chi connectivity index (χ4v) is 8.09. The van der Waals surface area contributed by atoms with Gasteiger partial charge < -0.3 is 64.4 Å². The number of guanidine groups is 1. The summed E-state index contributed by atoms with van der Waals surface area (Å²) >= 11 is 4.35. The molecule has 1 heterocycles. The van der Waals surface area contributed by atoms with Gasteiger partial charge in [0.25, 0.3) is 0 Å². The number of carboxylic acid groups (broad SMARTS) is 1. The molecule has 1 fully saturated rings. The number of likely N-dealkylation sites (tertiary alicyclic amines) is 1. The van der Waals surface area contributed by atoms with Gasteiger partial charge in [0.2, 0.25) is 47.3 Å². The number of aliphatic carboxylic acids is 1. The Balaban J connectivity index is 1.93. The van der Waals surface area contributed by atoms with Gasteiger partial charge >= 0.3 is 5.97 Å². The average molecular weight is 1010 g/mol. The highest BCUT2D eigenvalue weighted by molar-refractivity contribution is 7.80. The summed E-state index contributed by atoms with van der Waals surface area (Å²) in [6.07, 6.45) is 1.61. The number of amides is 8. The van der Waals surface area contributed by atoms with Crippen LogP contribution in [-0.4, -0.2) is 143 Å². The molecule has 23 heteroatoms. The third kappa shape index (κ3) is 19.9. The lowest BCUT2D eigenvalue weighted by Crippen LogP contribution is -2.61. The molecule has 390 valence electrons. The summed E-state index contributed by atoms with van der Waals surface area (Å²) in [7, 11) is 0. The monoisotopic (exact) mass is 1010 g/mol. The molecular formula is C48H72N12O10S. The van der Waals surface area contributed by atoms with Crippen LogP contribution in [0.3, 0.4) is 0 Å². The first kappa shape index (κ1) is 58.6. The van der Waals surface area contributed by atoms with Crippen LogP contribution in [0.4, 0.5) is 0 Å². The maximum atomic E-state index is 14.5. The SMILES string of the molecule is CCC(C)C(NC(=O)C1CCCN1C(=O)CN)C(=O)NC(CS)C(=O)NC(Cc1ccccc1)C(=O)NC(Cc1ccccc1)C(=O)NC(CCCN=C(N)N)C(=O)NC(CC(C)C)C(=O)NCC(=O)O. The number of carboxylic acids is 1. The number of rotatable bonds is 29. The minimum Gasteiger partial charge on any atom is -0.480 e. The largest absolute Gasteiger partial charge is 0.480 e. The van der Waals surface area contributed by atoms with Gasteiger partial charge in [0, 0.05) is 31.7 Å². The molecule has 8 atom stereocenters. The van der Waals surface area contributed by atoms with Crippen LogP contribution in [-0.2, 0) is 56.0 Å². The number of thiol groups is 1. The van der Waals surface area contributed by atoms with Crippen molar-refractivity contribution in [3.8, 4) is 0 Å². The van der Waals surface area contributed by atoms with E-state index in [4.69, 9.17) is 22.3 Å². The van der Waals surface area contributed by atoms with Crippen molar-refractivity contribution in [1.29, 1.82) is 0 Å². The van der Waals surface area contributed by atoms with Gasteiger partial charge in [-0.3, -0.25) is 48.1 Å². The Morgan fingerprint density at radius 1 is 0.718 bits per heavy atom. The zero-order chi connectivity index (χ0) is 52.6.